The van der Waals surface area contributed by atoms with E-state index >= 15 is 0 Å². The zero-order chi connectivity index (χ0) is 12.2. The van der Waals surface area contributed by atoms with E-state index in [4.69, 9.17) is 0 Å². The number of hydrogen-bond acceptors (Lipinski definition) is 2. The molecule has 0 aliphatic rings. The number of aliphatic hydroxyl groups is 1. The average Bonchev–Trinajstić information content (AvgIpc) is 2.00. The van der Waals surface area contributed by atoms with Crippen LogP contribution in [0.4, 0.5) is 0 Å². The number of carbonyl (C=O) groups is 1. The zero-order valence-corrected chi connectivity index (χ0v) is 10.5. The van der Waals surface area contributed by atoms with E-state index in [2.05, 4.69) is 11.7 Å². The molecule has 0 aliphatic heterocycles. The highest BCUT2D eigenvalue weighted by Gasteiger charge is 2.19. The molecule has 1 atom stereocenters. The normalized spacial score (nSPS) is 13.2. The largest absolute Gasteiger partial charge is 0.607 e. The number of aliphatic hydroxyl groups excluding tert-OH is 1. The van der Waals surface area contributed by atoms with Crippen molar-refractivity contribution in [3.05, 3.63) is 12.2 Å². The second kappa shape index (κ2) is 5.37. The first kappa shape index (κ1) is 14.3. The highest BCUT2D eigenvalue weighted by Crippen LogP contribution is 2.09. The fourth-order valence-electron chi connectivity index (χ4n) is 0.741. The monoisotopic (exact) mass is 233 g/mol. The van der Waals surface area contributed by atoms with Crippen molar-refractivity contribution in [2.75, 3.05) is 27.7 Å². The summed E-state index contributed by atoms with van der Waals surface area (Å²) in [5.41, 5.74) is 0.0449. The Bertz CT molecular complexity index is 305. The highest BCUT2D eigenvalue weighted by molar-refractivity contribution is 7.50. The summed E-state index contributed by atoms with van der Waals surface area (Å²) in [6.07, 6.45) is 0. The molecule has 15 heavy (non-hydrogen) atoms. The lowest BCUT2D eigenvalue weighted by Crippen LogP contribution is -2.40. The molecule has 1 amide bonds. The summed E-state index contributed by atoms with van der Waals surface area (Å²) in [6.45, 7) is 5.14. The Labute approximate surface area is 91.1 Å². The Morgan fingerprint density at radius 3 is 2.33 bits per heavy atom. The molecule has 0 spiro atoms. The van der Waals surface area contributed by atoms with Crippen LogP contribution < -0.4 is 9.98 Å². The van der Waals surface area contributed by atoms with E-state index in [9.17, 15) is 14.8 Å². The molecule has 0 fully saturated rings. The lowest BCUT2D eigenvalue weighted by Gasteiger charge is -2.21. The van der Waals surface area contributed by atoms with E-state index in [1.807, 2.05) is 21.1 Å². The van der Waals surface area contributed by atoms with Gasteiger partial charge in [0.05, 0.1) is 21.1 Å². The van der Waals surface area contributed by atoms with Gasteiger partial charge in [-0.25, -0.2) is 0 Å². The Balaban J connectivity index is 4.53. The van der Waals surface area contributed by atoms with E-state index in [0.717, 1.165) is 0 Å². The molecule has 0 aromatic rings. The zero-order valence-electron chi connectivity index (χ0n) is 9.57. The lowest BCUT2D eigenvalue weighted by molar-refractivity contribution is -0.861. The Kier molecular flexibility index (Phi) is 5.11. The number of carbonyl (C=O) groups excluding carboxylic acids is 1. The molecule has 0 aromatic heterocycles. The molecule has 0 bridgehead atoms. The first-order chi connectivity index (χ1) is 6.63. The van der Waals surface area contributed by atoms with E-state index in [-0.39, 0.29) is 17.6 Å². The molecule has 0 rings (SSSR count). The Morgan fingerprint density at radius 2 is 2.00 bits per heavy atom. The van der Waals surface area contributed by atoms with Crippen LogP contribution in [-0.2, 0) is 4.79 Å². The van der Waals surface area contributed by atoms with E-state index in [1.54, 1.807) is 0 Å². The smallest absolute Gasteiger partial charge is 0.300 e. The van der Waals surface area contributed by atoms with Gasteiger partial charge in [-0.1, -0.05) is 6.58 Å². The van der Waals surface area contributed by atoms with E-state index in [1.165, 1.54) is 6.92 Å². The molecule has 2 N–H and O–H groups in total. The van der Waals surface area contributed by atoms with E-state index in [0.29, 0.717) is 4.48 Å². The molecule has 5 nitrogen and oxygen atoms in total. The van der Waals surface area contributed by atoms with Crippen LogP contribution in [-0.4, -0.2) is 48.7 Å². The van der Waals surface area contributed by atoms with Crippen LogP contribution in [0.15, 0.2) is 12.2 Å². The third-order valence-corrected chi connectivity index (χ3v) is 2.46. The minimum Gasteiger partial charge on any atom is -0.607 e. The molecular weight excluding hydrogens is 215 g/mol. The second-order valence-electron chi connectivity index (χ2n) is 4.38. The third-order valence-electron chi connectivity index (χ3n) is 1.44. The fraction of sp³-hybridized carbons (Fsp3) is 0.556. The maximum atomic E-state index is 11.4. The van der Waals surface area contributed by atoms with Gasteiger partial charge >= 0.3 is 5.48 Å². The number of nitrogens with zero attached hydrogens (tertiary/aromatic N) is 1. The van der Waals surface area contributed by atoms with Gasteiger partial charge in [-0.2, -0.15) is 5.09 Å². The Hall–Kier alpha value is -0.740. The highest BCUT2D eigenvalue weighted by atomic mass is 31.1. The molecule has 0 saturated carbocycles. The fourth-order valence-corrected chi connectivity index (χ4v) is 1.80. The molecule has 0 heterocycles. The van der Waals surface area contributed by atoms with Crippen LogP contribution in [0.25, 0.3) is 0 Å². The van der Waals surface area contributed by atoms with Crippen molar-refractivity contribution in [2.24, 2.45) is 0 Å². The van der Waals surface area contributed by atoms with Crippen LogP contribution in [0.3, 0.4) is 0 Å². The third kappa shape index (κ3) is 6.36. The minimum atomic E-state index is -2.23. The molecule has 0 aromatic carbocycles. The Morgan fingerprint density at radius 1 is 1.53 bits per heavy atom. The van der Waals surface area contributed by atoms with Crippen molar-refractivity contribution in [1.29, 1.82) is 0 Å². The number of likely N-dealkylation sites (N-methyl/N-ethyl adjacent to an activating group) is 1. The minimum absolute atomic E-state index is 0.216. The van der Waals surface area contributed by atoms with Crippen molar-refractivity contribution >= 4 is 19.3 Å². The summed E-state index contributed by atoms with van der Waals surface area (Å²) >= 11 is 0. The van der Waals surface area contributed by atoms with Gasteiger partial charge in [0.15, 0.2) is 6.54 Å². The van der Waals surface area contributed by atoms with Gasteiger partial charge in [-0.15, -0.1) is 0 Å². The summed E-state index contributed by atoms with van der Waals surface area (Å²) in [5.74, 6) is -0.510. The van der Waals surface area contributed by atoms with Gasteiger partial charge in [-0.05, 0) is 6.92 Å². The molecule has 86 valence electrons. The van der Waals surface area contributed by atoms with Crippen molar-refractivity contribution in [1.82, 2.24) is 5.09 Å². The summed E-state index contributed by atoms with van der Waals surface area (Å²) in [7, 11) is 3.31. The molecule has 0 saturated heterocycles. The molecule has 6 heteroatoms. The van der Waals surface area contributed by atoms with Gasteiger partial charge in [-0.3, -0.25) is 4.79 Å². The van der Waals surface area contributed by atoms with Crippen LogP contribution in [0.1, 0.15) is 6.92 Å². The van der Waals surface area contributed by atoms with Crippen LogP contribution in [0.5, 0.6) is 0 Å². The first-order valence-electron chi connectivity index (χ1n) is 4.42. The molecular formula is C9H18N2O3P+. The predicted molar refractivity (Wildman–Crippen MR) is 59.7 cm³/mol. The van der Waals surface area contributed by atoms with Crippen molar-refractivity contribution in [3.63, 3.8) is 0 Å². The van der Waals surface area contributed by atoms with Gasteiger partial charge < -0.3 is 14.5 Å². The number of rotatable bonds is 4. The van der Waals surface area contributed by atoms with Crippen LogP contribution >= 0.6 is 7.92 Å². The second-order valence-corrected chi connectivity index (χ2v) is 5.71. The molecule has 0 radical (unpaired) electrons. The average molecular weight is 233 g/mol. The van der Waals surface area contributed by atoms with Crippen molar-refractivity contribution in [3.8, 4) is 0 Å². The number of amides is 1. The van der Waals surface area contributed by atoms with Gasteiger partial charge in [0.1, 0.15) is 0 Å². The predicted octanol–water partition coefficient (Wildman–Crippen LogP) is -0.440. The topological polar surface area (TPSA) is 72.4 Å². The summed E-state index contributed by atoms with van der Waals surface area (Å²) in [4.78, 5) is 22.5. The summed E-state index contributed by atoms with van der Waals surface area (Å²) < 4.78 is 0.440. The first-order valence-corrected chi connectivity index (χ1v) is 5.68. The maximum absolute atomic E-state index is 11.4. The van der Waals surface area contributed by atoms with Crippen LogP contribution in [0.2, 0.25) is 0 Å². The SMILES string of the molecule is C=C(C)C(=O)N/[P+]([O-])=C(\O)C[N+](C)(C)C. The number of hydrogen-bond donors (Lipinski definition) is 2. The maximum Gasteiger partial charge on any atom is 0.300 e. The van der Waals surface area contributed by atoms with Crippen molar-refractivity contribution in [2.45, 2.75) is 6.92 Å². The molecule has 1 unspecified atom stereocenters. The standard InChI is InChI=1S/C9H17N2O3P/c1-7(2)9(13)10-15(14)8(12)6-11(3,4)5/h1,6H2,2-5H3,(H-,10,12,13)/p+1. The lowest BCUT2D eigenvalue weighted by atomic mass is 10.3. The van der Waals surface area contributed by atoms with Crippen LogP contribution in [0, 0.1) is 0 Å². The number of nitrogens with one attached hydrogen (secondary N) is 1. The van der Waals surface area contributed by atoms with Gasteiger partial charge in [0, 0.05) is 5.57 Å². The van der Waals surface area contributed by atoms with Gasteiger partial charge in [0.25, 0.3) is 5.91 Å². The van der Waals surface area contributed by atoms with E-state index < -0.39 is 13.8 Å². The number of quaternary nitrogens is 1. The molecule has 0 aliphatic carbocycles. The van der Waals surface area contributed by atoms with Gasteiger partial charge in [0.2, 0.25) is 7.92 Å². The quantitative estimate of drug-likeness (QED) is 0.393. The summed E-state index contributed by atoms with van der Waals surface area (Å²) in [6, 6.07) is 0. The van der Waals surface area contributed by atoms with Crippen molar-refractivity contribution < 1.29 is 19.3 Å². The summed E-state index contributed by atoms with van der Waals surface area (Å²) in [5, 5.41) is 11.6.